The van der Waals surface area contributed by atoms with Crippen molar-refractivity contribution in [2.24, 2.45) is 0 Å². The van der Waals surface area contributed by atoms with Gasteiger partial charge in [0.15, 0.2) is 0 Å². The van der Waals surface area contributed by atoms with E-state index < -0.39 is 35.9 Å². The Balaban J connectivity index is 1.56. The first-order valence-electron chi connectivity index (χ1n) is 11.8. The summed E-state index contributed by atoms with van der Waals surface area (Å²) in [5, 5.41) is 15.3. The lowest BCUT2D eigenvalue weighted by Gasteiger charge is -2.28. The molecule has 1 fully saturated rings. The fraction of sp³-hybridized carbons (Fsp3) is 0.346. The summed E-state index contributed by atoms with van der Waals surface area (Å²) in [6.45, 7) is 0.290. The molecule has 0 spiro atoms. The average Bonchev–Trinajstić information content (AvgIpc) is 2.85. The Labute approximate surface area is 220 Å². The van der Waals surface area contributed by atoms with Gasteiger partial charge in [0.2, 0.25) is 0 Å². The zero-order chi connectivity index (χ0) is 26.7. The van der Waals surface area contributed by atoms with Crippen LogP contribution >= 0.6 is 15.9 Å². The second-order valence-electron chi connectivity index (χ2n) is 9.10. The fourth-order valence-electron chi connectivity index (χ4n) is 4.50. The Morgan fingerprint density at radius 2 is 2.03 bits per heavy atom. The molecule has 3 aromatic rings. The summed E-state index contributed by atoms with van der Waals surface area (Å²) >= 11 is 3.24. The summed E-state index contributed by atoms with van der Waals surface area (Å²) in [4.78, 5) is 21.6. The summed E-state index contributed by atoms with van der Waals surface area (Å²) in [6.07, 6.45) is 0.105. The Hall–Kier alpha value is -3.02. The Kier molecular flexibility index (Phi) is 8.46. The smallest absolute Gasteiger partial charge is 0.254 e. The topological polar surface area (TPSA) is 113 Å². The molecule has 4 rings (SSSR count). The number of halogens is 4. The first-order chi connectivity index (χ1) is 17.7. The molecule has 1 unspecified atom stereocenters. The number of nitrogen functional groups attached to an aromatic ring is 1. The van der Waals surface area contributed by atoms with E-state index in [1.165, 1.54) is 30.5 Å². The minimum absolute atomic E-state index is 0.0683. The van der Waals surface area contributed by atoms with Gasteiger partial charge in [-0.25, -0.2) is 23.1 Å². The minimum atomic E-state index is -1.35. The van der Waals surface area contributed by atoms with Crippen molar-refractivity contribution in [2.75, 3.05) is 19.3 Å². The van der Waals surface area contributed by atoms with Gasteiger partial charge in [0.1, 0.15) is 29.3 Å². The lowest BCUT2D eigenvalue weighted by atomic mass is 9.84. The first-order valence-corrected chi connectivity index (χ1v) is 12.6. The third kappa shape index (κ3) is 6.28. The van der Waals surface area contributed by atoms with Crippen molar-refractivity contribution in [3.05, 3.63) is 75.5 Å². The van der Waals surface area contributed by atoms with Crippen LogP contribution in [0.15, 0.2) is 47.1 Å². The van der Waals surface area contributed by atoms with Gasteiger partial charge in [0.25, 0.3) is 5.91 Å². The number of aromatic nitrogens is 2. The number of aliphatic hydroxyl groups excluding tert-OH is 1. The van der Waals surface area contributed by atoms with E-state index in [4.69, 9.17) is 5.73 Å². The molecule has 0 aliphatic heterocycles. The molecular formula is C26H27BrF3N5O2. The zero-order valence-electron chi connectivity index (χ0n) is 20.0. The quantitative estimate of drug-likeness (QED) is 0.330. The summed E-state index contributed by atoms with van der Waals surface area (Å²) in [5.41, 5.74) is 7.36. The van der Waals surface area contributed by atoms with Gasteiger partial charge in [-0.15, -0.1) is 0 Å². The van der Waals surface area contributed by atoms with Gasteiger partial charge >= 0.3 is 0 Å². The van der Waals surface area contributed by atoms with Gasteiger partial charge in [-0.1, -0.05) is 22.0 Å². The van der Waals surface area contributed by atoms with Crippen LogP contribution in [-0.4, -0.2) is 46.8 Å². The standard InChI is InChI=1S/C26H27BrF3N5O2/c1-32-11-21(15-6-16(27)10-17(28)7-15)35-26(37)18-4-2-14(9-19(18)29)24-25(31)33-12-22(34-24)13-3-5-23(36)20(30)8-13/h2,4,6-7,9-10,12-13,20-21,23,32,36H,3,5,8,11H2,1H3,(H2,31,33)(H,35,37)/t13-,20-,21?,23+/m0/s1. The maximum absolute atomic E-state index is 15.1. The molecule has 2 aromatic carbocycles. The summed E-state index contributed by atoms with van der Waals surface area (Å²) < 4.78 is 43.6. The van der Waals surface area contributed by atoms with Gasteiger partial charge in [0, 0.05) is 22.5 Å². The number of likely N-dealkylation sites (N-methyl/N-ethyl adjacent to an activating group) is 1. The van der Waals surface area contributed by atoms with Gasteiger partial charge in [-0.05, 0) is 62.2 Å². The summed E-state index contributed by atoms with van der Waals surface area (Å²) in [6, 6.07) is 7.65. The highest BCUT2D eigenvalue weighted by Gasteiger charge is 2.31. The Morgan fingerprint density at radius 1 is 1.24 bits per heavy atom. The van der Waals surface area contributed by atoms with Crippen molar-refractivity contribution in [1.29, 1.82) is 0 Å². The number of anilines is 1. The molecule has 7 nitrogen and oxygen atoms in total. The largest absolute Gasteiger partial charge is 0.390 e. The molecule has 1 saturated carbocycles. The third-order valence-electron chi connectivity index (χ3n) is 6.46. The molecule has 196 valence electrons. The number of carbonyl (C=O) groups excluding carboxylic acids is 1. The highest BCUT2D eigenvalue weighted by atomic mass is 79.9. The van der Waals surface area contributed by atoms with E-state index in [1.807, 2.05) is 0 Å². The SMILES string of the molecule is CNCC(NC(=O)c1ccc(-c2nc([C@H]3CC[C@@H](O)[C@@H](F)C3)cnc2N)cc1F)c1cc(F)cc(Br)c1. The van der Waals surface area contributed by atoms with Gasteiger partial charge in [-0.3, -0.25) is 4.79 Å². The van der Waals surface area contributed by atoms with Crippen LogP contribution in [0.25, 0.3) is 11.3 Å². The molecule has 4 atom stereocenters. The number of nitrogens with one attached hydrogen (secondary N) is 2. The number of carbonyl (C=O) groups is 1. The normalized spacial score (nSPS) is 20.4. The number of rotatable bonds is 7. The molecular weight excluding hydrogens is 551 g/mol. The molecule has 1 heterocycles. The molecule has 0 saturated heterocycles. The minimum Gasteiger partial charge on any atom is -0.390 e. The maximum Gasteiger partial charge on any atom is 0.254 e. The predicted octanol–water partition coefficient (Wildman–Crippen LogP) is 4.42. The number of alkyl halides is 1. The van der Waals surface area contributed by atoms with Crippen molar-refractivity contribution in [2.45, 2.75) is 43.5 Å². The fourth-order valence-corrected chi connectivity index (χ4v) is 4.99. The van der Waals surface area contributed by atoms with Crippen LogP contribution in [0.4, 0.5) is 19.0 Å². The van der Waals surface area contributed by atoms with E-state index in [0.29, 0.717) is 34.1 Å². The van der Waals surface area contributed by atoms with Crippen LogP contribution in [0.3, 0.4) is 0 Å². The van der Waals surface area contributed by atoms with Gasteiger partial charge in [-0.2, -0.15) is 0 Å². The van der Waals surface area contributed by atoms with E-state index in [0.717, 1.165) is 6.07 Å². The van der Waals surface area contributed by atoms with Crippen LogP contribution in [0.5, 0.6) is 0 Å². The number of hydrogen-bond donors (Lipinski definition) is 4. The molecule has 37 heavy (non-hydrogen) atoms. The van der Waals surface area contributed by atoms with E-state index in [9.17, 15) is 18.7 Å². The third-order valence-corrected chi connectivity index (χ3v) is 6.92. The first kappa shape index (κ1) is 27.0. The lowest BCUT2D eigenvalue weighted by molar-refractivity contribution is 0.0363. The van der Waals surface area contributed by atoms with Crippen LogP contribution < -0.4 is 16.4 Å². The van der Waals surface area contributed by atoms with E-state index in [-0.39, 0.29) is 36.0 Å². The number of amides is 1. The van der Waals surface area contributed by atoms with Crippen LogP contribution in [0.1, 0.15) is 52.8 Å². The number of nitrogens with two attached hydrogens (primary N) is 1. The van der Waals surface area contributed by atoms with Gasteiger partial charge < -0.3 is 21.5 Å². The van der Waals surface area contributed by atoms with Gasteiger partial charge in [0.05, 0.1) is 29.6 Å². The van der Waals surface area contributed by atoms with Crippen molar-refractivity contribution in [3.8, 4) is 11.3 Å². The summed E-state index contributed by atoms with van der Waals surface area (Å²) in [7, 11) is 1.69. The van der Waals surface area contributed by atoms with E-state index in [1.54, 1.807) is 13.1 Å². The van der Waals surface area contributed by atoms with Crippen LogP contribution in [0, 0.1) is 11.6 Å². The molecule has 1 aliphatic carbocycles. The second kappa shape index (κ2) is 11.6. The molecule has 11 heteroatoms. The number of aliphatic hydroxyl groups is 1. The molecule has 1 amide bonds. The Morgan fingerprint density at radius 3 is 2.70 bits per heavy atom. The highest BCUT2D eigenvalue weighted by Crippen LogP contribution is 2.35. The van der Waals surface area contributed by atoms with E-state index >= 15 is 4.39 Å². The molecule has 0 bridgehead atoms. The molecule has 1 aliphatic rings. The van der Waals surface area contributed by atoms with Crippen molar-refractivity contribution in [1.82, 2.24) is 20.6 Å². The summed E-state index contributed by atoms with van der Waals surface area (Å²) in [5.74, 6) is -2.12. The number of hydrogen-bond acceptors (Lipinski definition) is 6. The van der Waals surface area contributed by atoms with Crippen molar-refractivity contribution >= 4 is 27.7 Å². The lowest BCUT2D eigenvalue weighted by Crippen LogP contribution is -2.35. The second-order valence-corrected chi connectivity index (χ2v) is 10.0. The van der Waals surface area contributed by atoms with Crippen molar-refractivity contribution in [3.63, 3.8) is 0 Å². The average molecular weight is 578 g/mol. The van der Waals surface area contributed by atoms with Crippen molar-refractivity contribution < 1.29 is 23.1 Å². The monoisotopic (exact) mass is 577 g/mol. The number of benzene rings is 2. The molecule has 0 radical (unpaired) electrons. The number of nitrogens with zero attached hydrogens (tertiary/aromatic N) is 2. The highest BCUT2D eigenvalue weighted by molar-refractivity contribution is 9.10. The molecule has 5 N–H and O–H groups in total. The maximum atomic E-state index is 15.1. The van der Waals surface area contributed by atoms with Crippen LogP contribution in [0.2, 0.25) is 0 Å². The zero-order valence-corrected chi connectivity index (χ0v) is 21.6. The Bertz CT molecular complexity index is 1270. The predicted molar refractivity (Wildman–Crippen MR) is 138 cm³/mol. The molecule has 1 aromatic heterocycles. The van der Waals surface area contributed by atoms with E-state index in [2.05, 4.69) is 36.5 Å². The van der Waals surface area contributed by atoms with Crippen LogP contribution in [-0.2, 0) is 0 Å².